The number of benzene rings is 2. The van der Waals surface area contributed by atoms with Crippen LogP contribution in [0.4, 0.5) is 8.78 Å². The van der Waals surface area contributed by atoms with Crippen molar-refractivity contribution in [3.05, 3.63) is 64.1 Å². The lowest BCUT2D eigenvalue weighted by Gasteiger charge is -2.03. The van der Waals surface area contributed by atoms with Crippen molar-refractivity contribution in [1.29, 1.82) is 0 Å². The van der Waals surface area contributed by atoms with E-state index in [0.717, 1.165) is 26.8 Å². The molecule has 0 nitrogen and oxygen atoms in total. The molecule has 2 aromatic rings. The van der Waals surface area contributed by atoms with Crippen LogP contribution in [-0.4, -0.2) is 0 Å². The quantitative estimate of drug-likeness (QED) is 0.717. The first-order chi connectivity index (χ1) is 8.15. The lowest BCUT2D eigenvalue weighted by Crippen LogP contribution is -1.85. The highest BCUT2D eigenvalue weighted by Gasteiger charge is 2.03. The van der Waals surface area contributed by atoms with Gasteiger partial charge in [-0.2, -0.15) is 0 Å². The minimum Gasteiger partial charge on any atom is -0.204 e. The van der Waals surface area contributed by atoms with Crippen molar-refractivity contribution in [3.8, 4) is 0 Å². The van der Waals surface area contributed by atoms with Crippen molar-refractivity contribution in [1.82, 2.24) is 0 Å². The highest BCUT2D eigenvalue weighted by Crippen LogP contribution is 2.24. The first-order valence-corrected chi connectivity index (χ1v) is 6.75. The summed E-state index contributed by atoms with van der Waals surface area (Å²) in [5.41, 5.74) is 1.14. The van der Waals surface area contributed by atoms with Crippen LogP contribution in [0, 0.1) is 11.6 Å². The van der Waals surface area contributed by atoms with E-state index >= 15 is 0 Å². The van der Waals surface area contributed by atoms with Crippen molar-refractivity contribution in [2.45, 2.75) is 10.6 Å². The van der Waals surface area contributed by atoms with E-state index < -0.39 is 11.6 Å². The van der Waals surface area contributed by atoms with Crippen LogP contribution in [0.3, 0.4) is 0 Å². The second kappa shape index (κ2) is 5.65. The summed E-state index contributed by atoms with van der Waals surface area (Å²) in [5, 5.41) is 0. The monoisotopic (exact) mass is 314 g/mol. The van der Waals surface area contributed by atoms with E-state index in [2.05, 4.69) is 15.9 Å². The average molecular weight is 315 g/mol. The molecule has 0 aliphatic rings. The van der Waals surface area contributed by atoms with Crippen molar-refractivity contribution >= 4 is 27.7 Å². The molecular formula is C13H9BrF2S. The summed E-state index contributed by atoms with van der Waals surface area (Å²) in [7, 11) is 0. The predicted octanol–water partition coefficient (Wildman–Crippen LogP) is 5.02. The van der Waals surface area contributed by atoms with E-state index in [4.69, 9.17) is 0 Å². The van der Waals surface area contributed by atoms with Crippen molar-refractivity contribution in [2.24, 2.45) is 0 Å². The summed E-state index contributed by atoms with van der Waals surface area (Å²) in [6, 6.07) is 11.9. The SMILES string of the molecule is Fc1ccc(SCc2ccc(Br)cc2)cc1F. The van der Waals surface area contributed by atoms with Gasteiger partial charge in [-0.25, -0.2) is 8.78 Å². The lowest BCUT2D eigenvalue weighted by molar-refractivity contribution is 0.506. The molecular weight excluding hydrogens is 306 g/mol. The van der Waals surface area contributed by atoms with Crippen LogP contribution >= 0.6 is 27.7 Å². The minimum atomic E-state index is -0.807. The van der Waals surface area contributed by atoms with Gasteiger partial charge in [-0.05, 0) is 35.9 Å². The first-order valence-electron chi connectivity index (χ1n) is 4.97. The van der Waals surface area contributed by atoms with Crippen molar-refractivity contribution < 1.29 is 8.78 Å². The topological polar surface area (TPSA) is 0 Å². The third-order valence-corrected chi connectivity index (χ3v) is 3.80. The minimum absolute atomic E-state index is 0.729. The van der Waals surface area contributed by atoms with E-state index in [0.29, 0.717) is 0 Å². The highest BCUT2D eigenvalue weighted by molar-refractivity contribution is 9.10. The fourth-order valence-corrected chi connectivity index (χ4v) is 2.46. The molecule has 0 amide bonds. The van der Waals surface area contributed by atoms with Crippen LogP contribution in [0.15, 0.2) is 51.8 Å². The predicted molar refractivity (Wildman–Crippen MR) is 70.1 cm³/mol. The smallest absolute Gasteiger partial charge is 0.159 e. The van der Waals surface area contributed by atoms with Gasteiger partial charge in [0.05, 0.1) is 0 Å². The molecule has 0 unspecified atom stereocenters. The third kappa shape index (κ3) is 3.54. The largest absolute Gasteiger partial charge is 0.204 e. The van der Waals surface area contributed by atoms with Gasteiger partial charge in [-0.1, -0.05) is 28.1 Å². The van der Waals surface area contributed by atoms with Crippen LogP contribution in [-0.2, 0) is 5.75 Å². The second-order valence-corrected chi connectivity index (χ2v) is 5.46. The molecule has 0 N–H and O–H groups in total. The fourth-order valence-electron chi connectivity index (χ4n) is 1.31. The molecule has 0 spiro atoms. The summed E-state index contributed by atoms with van der Waals surface area (Å²) >= 11 is 4.84. The molecule has 0 saturated carbocycles. The van der Waals surface area contributed by atoms with Crippen molar-refractivity contribution in [2.75, 3.05) is 0 Å². The maximum atomic E-state index is 13.0. The molecule has 2 aromatic carbocycles. The molecule has 2 rings (SSSR count). The molecule has 88 valence electrons. The van der Waals surface area contributed by atoms with Gasteiger partial charge in [0.25, 0.3) is 0 Å². The number of halogens is 3. The Morgan fingerprint density at radius 2 is 1.65 bits per heavy atom. The zero-order chi connectivity index (χ0) is 12.3. The summed E-state index contributed by atoms with van der Waals surface area (Å²) in [6.45, 7) is 0. The maximum absolute atomic E-state index is 13.0. The Hall–Kier alpha value is -0.870. The van der Waals surface area contributed by atoms with Crippen LogP contribution in [0.1, 0.15) is 5.56 Å². The standard InChI is InChI=1S/C13H9BrF2S/c14-10-3-1-9(2-4-10)8-17-11-5-6-12(15)13(16)7-11/h1-7H,8H2. The van der Waals surface area contributed by atoms with Gasteiger partial charge in [0.15, 0.2) is 11.6 Å². The highest BCUT2D eigenvalue weighted by atomic mass is 79.9. The molecule has 0 bridgehead atoms. The van der Waals surface area contributed by atoms with Gasteiger partial charge in [0, 0.05) is 15.1 Å². The molecule has 0 aromatic heterocycles. The molecule has 17 heavy (non-hydrogen) atoms. The third-order valence-electron chi connectivity index (χ3n) is 2.21. The number of thioether (sulfide) groups is 1. The fraction of sp³-hybridized carbons (Fsp3) is 0.0769. The molecule has 0 atom stereocenters. The summed E-state index contributed by atoms with van der Waals surface area (Å²) in [6.07, 6.45) is 0. The molecule has 0 aliphatic heterocycles. The molecule has 0 aliphatic carbocycles. The lowest BCUT2D eigenvalue weighted by atomic mass is 10.2. The zero-order valence-corrected chi connectivity index (χ0v) is 11.2. The van der Waals surface area contributed by atoms with E-state index in [-0.39, 0.29) is 0 Å². The van der Waals surface area contributed by atoms with Gasteiger partial charge >= 0.3 is 0 Å². The Kier molecular flexibility index (Phi) is 4.18. The van der Waals surface area contributed by atoms with E-state index in [1.165, 1.54) is 17.8 Å². The molecule has 0 saturated heterocycles. The average Bonchev–Trinajstić information content (AvgIpc) is 2.33. The first kappa shape index (κ1) is 12.6. The van der Waals surface area contributed by atoms with Gasteiger partial charge in [-0.3, -0.25) is 0 Å². The van der Waals surface area contributed by atoms with Crippen molar-refractivity contribution in [3.63, 3.8) is 0 Å². The zero-order valence-electron chi connectivity index (χ0n) is 8.79. The molecule has 0 fully saturated rings. The van der Waals surface area contributed by atoms with Gasteiger partial charge < -0.3 is 0 Å². The van der Waals surface area contributed by atoms with Gasteiger partial charge in [-0.15, -0.1) is 11.8 Å². The Bertz CT molecular complexity index is 511. The normalized spacial score (nSPS) is 10.5. The number of hydrogen-bond acceptors (Lipinski definition) is 1. The molecule has 4 heteroatoms. The van der Waals surface area contributed by atoms with E-state index in [1.807, 2.05) is 24.3 Å². The molecule has 0 radical (unpaired) electrons. The summed E-state index contributed by atoms with van der Waals surface area (Å²) in [5.74, 6) is -0.873. The Balaban J connectivity index is 2.02. The van der Waals surface area contributed by atoms with Crippen LogP contribution in [0.5, 0.6) is 0 Å². The Morgan fingerprint density at radius 1 is 0.941 bits per heavy atom. The van der Waals surface area contributed by atoms with Gasteiger partial charge in [0.1, 0.15) is 0 Å². The summed E-state index contributed by atoms with van der Waals surface area (Å²) < 4.78 is 26.7. The van der Waals surface area contributed by atoms with E-state index in [9.17, 15) is 8.78 Å². The number of rotatable bonds is 3. The van der Waals surface area contributed by atoms with Crippen LogP contribution in [0.2, 0.25) is 0 Å². The van der Waals surface area contributed by atoms with E-state index in [1.54, 1.807) is 6.07 Å². The Morgan fingerprint density at radius 3 is 2.29 bits per heavy atom. The van der Waals surface area contributed by atoms with Crippen LogP contribution in [0.25, 0.3) is 0 Å². The van der Waals surface area contributed by atoms with Crippen LogP contribution < -0.4 is 0 Å². The second-order valence-electron chi connectivity index (χ2n) is 3.49. The maximum Gasteiger partial charge on any atom is 0.159 e. The van der Waals surface area contributed by atoms with Gasteiger partial charge in [0.2, 0.25) is 0 Å². The number of hydrogen-bond donors (Lipinski definition) is 0. The Labute approximate surface area is 111 Å². The molecule has 0 heterocycles. The summed E-state index contributed by atoms with van der Waals surface area (Å²) in [4.78, 5) is 0.729.